The summed E-state index contributed by atoms with van der Waals surface area (Å²) < 4.78 is 38.3. The van der Waals surface area contributed by atoms with Crippen molar-refractivity contribution in [3.8, 4) is 22.6 Å². The number of carbonyl (C=O) groups excluding carboxylic acids is 2. The van der Waals surface area contributed by atoms with Crippen molar-refractivity contribution >= 4 is 28.3 Å². The molecule has 0 saturated heterocycles. The van der Waals surface area contributed by atoms with Gasteiger partial charge in [-0.1, -0.05) is 67.3 Å². The fourth-order valence-electron chi connectivity index (χ4n) is 4.54. The number of fused-ring (bicyclic) bond motifs is 1. The van der Waals surface area contributed by atoms with Crippen LogP contribution in [0.1, 0.15) is 45.7 Å². The van der Waals surface area contributed by atoms with Crippen LogP contribution in [-0.4, -0.2) is 11.9 Å². The largest absolute Gasteiger partial charge is 0.423 e. The molecule has 224 valence electrons. The van der Waals surface area contributed by atoms with Gasteiger partial charge in [-0.2, -0.15) is 0 Å². The zero-order valence-electron chi connectivity index (χ0n) is 25.1. The lowest BCUT2D eigenvalue weighted by Crippen LogP contribution is -2.08. The fraction of sp³-hybridized carbons (Fsp3) is 0.0769. The number of allylic oxidation sites excluding steroid dienone is 5. The molecule has 0 radical (unpaired) electrons. The monoisotopic (exact) mass is 600 g/mol. The smallest absolute Gasteiger partial charge is 0.343 e. The molecule has 0 spiro atoms. The molecule has 0 aliphatic rings. The fourth-order valence-corrected chi connectivity index (χ4v) is 4.54. The normalized spacial score (nSPS) is 11.8. The number of esters is 2. The molecule has 0 bridgehead atoms. The molecule has 0 aliphatic heterocycles. The number of hydrogen-bond acceptors (Lipinski definition) is 4. The minimum atomic E-state index is -0.518. The van der Waals surface area contributed by atoms with Crippen molar-refractivity contribution in [3.05, 3.63) is 161 Å². The number of ether oxygens (including phenoxy) is 2. The topological polar surface area (TPSA) is 52.6 Å². The summed E-state index contributed by atoms with van der Waals surface area (Å²) in [5.74, 6) is -1.04. The van der Waals surface area contributed by atoms with Gasteiger partial charge in [0.1, 0.15) is 23.1 Å². The second-order valence-corrected chi connectivity index (χ2v) is 10.7. The highest BCUT2D eigenvalue weighted by Crippen LogP contribution is 2.27. The van der Waals surface area contributed by atoms with Crippen LogP contribution in [-0.2, 0) is 0 Å². The number of hydrogen-bond donors (Lipinski definition) is 0. The average Bonchev–Trinajstić information content (AvgIpc) is 3.04. The van der Waals surface area contributed by atoms with Crippen molar-refractivity contribution in [2.24, 2.45) is 0 Å². The molecule has 0 amide bonds. The van der Waals surface area contributed by atoms with E-state index in [1.54, 1.807) is 117 Å². The molecule has 0 atom stereocenters. The number of carbonyl (C=O) groups is 2. The summed E-state index contributed by atoms with van der Waals surface area (Å²) in [6.45, 7) is 8.53. The molecule has 0 N–H and O–H groups in total. The molecule has 0 unspecified atom stereocenters. The molecule has 0 aliphatic carbocycles. The molecule has 5 aromatic carbocycles. The van der Waals surface area contributed by atoms with Crippen LogP contribution in [0.25, 0.3) is 27.5 Å². The third kappa shape index (κ3) is 7.48. The molecule has 0 saturated carbocycles. The summed E-state index contributed by atoms with van der Waals surface area (Å²) >= 11 is 0. The van der Waals surface area contributed by atoms with Gasteiger partial charge < -0.3 is 9.47 Å². The Morgan fingerprint density at radius 2 is 1.13 bits per heavy atom. The standard InChI is InChI=1S/C39H30F2O4/c1-24(27(4)40)5-6-25(2)28-9-13-30(14-10-28)38(42)44-35-19-17-33-22-36(20-18-32(33)21-35)45-39(43)31-15-11-29(12-16-31)34-8-7-26(3)37(41)23-34/h5-23H,4H2,1-3H3/b24-5-,25-6+. The van der Waals surface area contributed by atoms with E-state index < -0.39 is 17.8 Å². The maximum atomic E-state index is 14.0. The van der Waals surface area contributed by atoms with Crippen molar-refractivity contribution in [2.45, 2.75) is 20.8 Å². The van der Waals surface area contributed by atoms with Crippen molar-refractivity contribution < 1.29 is 27.8 Å². The molecule has 5 rings (SSSR count). The highest BCUT2D eigenvalue weighted by Gasteiger charge is 2.12. The highest BCUT2D eigenvalue weighted by atomic mass is 19.1. The van der Waals surface area contributed by atoms with Crippen LogP contribution in [0.4, 0.5) is 8.78 Å². The van der Waals surface area contributed by atoms with Gasteiger partial charge in [0.15, 0.2) is 0 Å². The van der Waals surface area contributed by atoms with Gasteiger partial charge in [0.2, 0.25) is 0 Å². The Kier molecular flexibility index (Phi) is 9.14. The average molecular weight is 601 g/mol. The van der Waals surface area contributed by atoms with Gasteiger partial charge in [-0.25, -0.2) is 18.4 Å². The van der Waals surface area contributed by atoms with Gasteiger partial charge in [0.05, 0.1) is 11.1 Å². The lowest BCUT2D eigenvalue weighted by Gasteiger charge is -2.09. The van der Waals surface area contributed by atoms with Crippen LogP contribution >= 0.6 is 0 Å². The van der Waals surface area contributed by atoms with Crippen LogP contribution in [0, 0.1) is 12.7 Å². The molecule has 4 nitrogen and oxygen atoms in total. The molecule has 0 heterocycles. The van der Waals surface area contributed by atoms with Crippen LogP contribution in [0.2, 0.25) is 0 Å². The van der Waals surface area contributed by atoms with Crippen LogP contribution < -0.4 is 9.47 Å². The number of halogens is 2. The Morgan fingerprint density at radius 3 is 1.64 bits per heavy atom. The van der Waals surface area contributed by atoms with Crippen LogP contribution in [0.3, 0.4) is 0 Å². The van der Waals surface area contributed by atoms with Crippen molar-refractivity contribution in [3.63, 3.8) is 0 Å². The van der Waals surface area contributed by atoms with E-state index in [0.29, 0.717) is 33.8 Å². The zero-order valence-corrected chi connectivity index (χ0v) is 25.1. The minimum absolute atomic E-state index is 0.282. The molecule has 5 aromatic rings. The number of aryl methyl sites for hydroxylation is 1. The second kappa shape index (κ2) is 13.3. The summed E-state index contributed by atoms with van der Waals surface area (Å²) in [7, 11) is 0. The van der Waals surface area contributed by atoms with Crippen molar-refractivity contribution in [1.82, 2.24) is 0 Å². The quantitative estimate of drug-likeness (QED) is 0.101. The number of benzene rings is 5. The first-order valence-electron chi connectivity index (χ1n) is 14.2. The van der Waals surface area contributed by atoms with E-state index >= 15 is 0 Å². The predicted molar refractivity (Wildman–Crippen MR) is 175 cm³/mol. The van der Waals surface area contributed by atoms with E-state index in [1.165, 1.54) is 6.07 Å². The molecule has 45 heavy (non-hydrogen) atoms. The Hall–Kier alpha value is -5.62. The predicted octanol–water partition coefficient (Wildman–Crippen LogP) is 10.2. The van der Waals surface area contributed by atoms with E-state index in [4.69, 9.17) is 9.47 Å². The minimum Gasteiger partial charge on any atom is -0.423 e. The van der Waals surface area contributed by atoms with E-state index in [-0.39, 0.29) is 5.82 Å². The zero-order chi connectivity index (χ0) is 32.1. The maximum absolute atomic E-state index is 14.0. The van der Waals surface area contributed by atoms with Crippen LogP contribution in [0.5, 0.6) is 11.5 Å². The van der Waals surface area contributed by atoms with E-state index in [2.05, 4.69) is 6.58 Å². The SMILES string of the molecule is C=C(F)/C(C)=C\C=C(/C)c1ccc(C(=O)Oc2ccc3cc(OC(=O)c4ccc(-c5ccc(C)c(F)c5)cc4)ccc3c2)cc1. The summed E-state index contributed by atoms with van der Waals surface area (Å²) in [6, 6.07) is 29.2. The summed E-state index contributed by atoms with van der Waals surface area (Å²) in [5.41, 5.74) is 5.07. The van der Waals surface area contributed by atoms with Gasteiger partial charge in [-0.3, -0.25) is 0 Å². The molecular formula is C39H30F2O4. The van der Waals surface area contributed by atoms with E-state index in [0.717, 1.165) is 33.0 Å². The lowest BCUT2D eigenvalue weighted by molar-refractivity contribution is 0.0725. The Labute approximate surface area is 260 Å². The maximum Gasteiger partial charge on any atom is 0.343 e. The van der Waals surface area contributed by atoms with Gasteiger partial charge in [0.25, 0.3) is 0 Å². The van der Waals surface area contributed by atoms with E-state index in [9.17, 15) is 18.4 Å². The highest BCUT2D eigenvalue weighted by molar-refractivity contribution is 5.94. The summed E-state index contributed by atoms with van der Waals surface area (Å²) in [5, 5.41) is 1.59. The lowest BCUT2D eigenvalue weighted by atomic mass is 10.0. The summed E-state index contributed by atoms with van der Waals surface area (Å²) in [6.07, 6.45) is 3.45. The summed E-state index contributed by atoms with van der Waals surface area (Å²) in [4.78, 5) is 25.6. The molecule has 6 heteroatoms. The second-order valence-electron chi connectivity index (χ2n) is 10.7. The Bertz CT molecular complexity index is 1990. The van der Waals surface area contributed by atoms with Gasteiger partial charge >= 0.3 is 11.9 Å². The Balaban J connectivity index is 1.22. The van der Waals surface area contributed by atoms with Crippen LogP contribution in [0.15, 0.2) is 133 Å². The van der Waals surface area contributed by atoms with Gasteiger partial charge in [-0.15, -0.1) is 0 Å². The first kappa shape index (κ1) is 30.8. The van der Waals surface area contributed by atoms with Gasteiger partial charge in [0, 0.05) is 0 Å². The molecule has 0 fully saturated rings. The Morgan fingerprint density at radius 1 is 0.644 bits per heavy atom. The first-order chi connectivity index (χ1) is 21.6. The first-order valence-corrected chi connectivity index (χ1v) is 14.2. The van der Waals surface area contributed by atoms with Gasteiger partial charge in [-0.05, 0) is 120 Å². The third-order valence-corrected chi connectivity index (χ3v) is 7.42. The third-order valence-electron chi connectivity index (χ3n) is 7.42. The van der Waals surface area contributed by atoms with E-state index in [1.807, 2.05) is 13.0 Å². The molecule has 0 aromatic heterocycles. The van der Waals surface area contributed by atoms with Crippen molar-refractivity contribution in [1.29, 1.82) is 0 Å². The molecular weight excluding hydrogens is 570 g/mol. The number of rotatable bonds is 8. The van der Waals surface area contributed by atoms with Crippen molar-refractivity contribution in [2.75, 3.05) is 0 Å².